The summed E-state index contributed by atoms with van der Waals surface area (Å²) in [5, 5.41) is 0. The normalized spacial score (nSPS) is 24.4. The van der Waals surface area contributed by atoms with E-state index < -0.39 is 5.72 Å². The predicted octanol–water partition coefficient (Wildman–Crippen LogP) is 1.47. The molecule has 1 aliphatic heterocycles. The van der Waals surface area contributed by atoms with Crippen molar-refractivity contribution in [3.8, 4) is 0 Å². The Morgan fingerprint density at radius 3 is 2.75 bits per heavy atom. The molecule has 1 saturated heterocycles. The molecule has 20 heavy (non-hydrogen) atoms. The summed E-state index contributed by atoms with van der Waals surface area (Å²) in [7, 11) is 0. The summed E-state index contributed by atoms with van der Waals surface area (Å²) >= 11 is 0. The Kier molecular flexibility index (Phi) is 2.99. The first-order chi connectivity index (χ1) is 9.62. The van der Waals surface area contributed by atoms with Gasteiger partial charge in [-0.15, -0.1) is 0 Å². The zero-order valence-electron chi connectivity index (χ0n) is 11.0. The number of hydrogen-bond donors (Lipinski definition) is 0. The molecule has 1 atom stereocenters. The molecule has 0 bridgehead atoms. The van der Waals surface area contributed by atoms with Gasteiger partial charge in [0.25, 0.3) is 0 Å². The Balaban J connectivity index is 2.09. The second-order valence-corrected chi connectivity index (χ2v) is 4.92. The molecule has 0 saturated carbocycles. The fourth-order valence-electron chi connectivity index (χ4n) is 2.36. The van der Waals surface area contributed by atoms with Gasteiger partial charge in [-0.1, -0.05) is 6.92 Å². The van der Waals surface area contributed by atoms with E-state index in [-0.39, 0.29) is 17.6 Å². The molecular weight excluding hydrogens is 256 g/mol. The minimum atomic E-state index is -1.03. The van der Waals surface area contributed by atoms with Crippen molar-refractivity contribution in [2.75, 3.05) is 11.5 Å². The van der Waals surface area contributed by atoms with Crippen LogP contribution in [0, 0.1) is 5.92 Å². The number of nitrogens with zero attached hydrogens (tertiary/aromatic N) is 2. The molecule has 1 unspecified atom stereocenters. The number of carbonyl (C=O) groups is 2. The van der Waals surface area contributed by atoms with Crippen LogP contribution in [0.3, 0.4) is 0 Å². The van der Waals surface area contributed by atoms with Crippen LogP contribution >= 0.6 is 0 Å². The van der Waals surface area contributed by atoms with E-state index in [9.17, 15) is 9.59 Å². The van der Waals surface area contributed by atoms with Crippen LogP contribution in [0.2, 0.25) is 0 Å². The molecule has 2 aliphatic rings. The van der Waals surface area contributed by atoms with Crippen LogP contribution in [-0.2, 0) is 14.3 Å². The van der Waals surface area contributed by atoms with Gasteiger partial charge in [-0.25, -0.2) is 0 Å². The number of allylic oxidation sites excluding steroid dienone is 2. The van der Waals surface area contributed by atoms with Crippen molar-refractivity contribution in [1.29, 1.82) is 0 Å². The summed E-state index contributed by atoms with van der Waals surface area (Å²) in [6.07, 6.45) is 9.33. The first kappa shape index (κ1) is 12.7. The highest BCUT2D eigenvalue weighted by Crippen LogP contribution is 2.34. The van der Waals surface area contributed by atoms with Crippen LogP contribution in [0.5, 0.6) is 0 Å². The fraction of sp³-hybridized carbons (Fsp3) is 0.267. The molecule has 0 N–H and O–H groups in total. The summed E-state index contributed by atoms with van der Waals surface area (Å²) in [4.78, 5) is 29.5. The number of ketones is 1. The maximum absolute atomic E-state index is 12.5. The van der Waals surface area contributed by atoms with E-state index in [4.69, 9.17) is 4.74 Å². The molecule has 5 heteroatoms. The third kappa shape index (κ3) is 1.96. The molecular formula is C15H14N2O3. The van der Waals surface area contributed by atoms with Gasteiger partial charge < -0.3 is 4.74 Å². The van der Waals surface area contributed by atoms with Gasteiger partial charge in [-0.3, -0.25) is 19.5 Å². The van der Waals surface area contributed by atoms with Gasteiger partial charge in [0.15, 0.2) is 11.5 Å². The first-order valence-electron chi connectivity index (χ1n) is 6.43. The fourth-order valence-corrected chi connectivity index (χ4v) is 2.36. The highest BCUT2D eigenvalue weighted by Gasteiger charge is 2.45. The van der Waals surface area contributed by atoms with Gasteiger partial charge >= 0.3 is 0 Å². The Morgan fingerprint density at radius 1 is 1.35 bits per heavy atom. The quantitative estimate of drug-likeness (QED) is 0.775. The standard InChI is InChI=1S/C15H14N2O3/c1-11-10-20-15(6-4-13(18)5-7-15)17(14(11)19)12-3-2-8-16-9-12/h2-9,11H,10H2,1H3. The van der Waals surface area contributed by atoms with E-state index in [0.29, 0.717) is 12.3 Å². The van der Waals surface area contributed by atoms with Crippen LogP contribution in [0.25, 0.3) is 0 Å². The molecule has 1 aliphatic carbocycles. The Labute approximate surface area is 116 Å². The van der Waals surface area contributed by atoms with Crippen molar-refractivity contribution in [3.05, 3.63) is 48.8 Å². The number of carbonyl (C=O) groups excluding carboxylic acids is 2. The molecule has 3 rings (SSSR count). The highest BCUT2D eigenvalue weighted by molar-refractivity contribution is 6.03. The summed E-state index contributed by atoms with van der Waals surface area (Å²) in [6, 6.07) is 3.56. The molecule has 2 heterocycles. The summed E-state index contributed by atoms with van der Waals surface area (Å²) < 4.78 is 5.86. The molecule has 0 aromatic carbocycles. The smallest absolute Gasteiger partial charge is 0.235 e. The predicted molar refractivity (Wildman–Crippen MR) is 72.9 cm³/mol. The van der Waals surface area contributed by atoms with E-state index in [2.05, 4.69) is 4.98 Å². The van der Waals surface area contributed by atoms with Gasteiger partial charge in [-0.05, 0) is 36.4 Å². The van der Waals surface area contributed by atoms with Crippen molar-refractivity contribution < 1.29 is 14.3 Å². The first-order valence-corrected chi connectivity index (χ1v) is 6.43. The van der Waals surface area contributed by atoms with Crippen LogP contribution in [-0.4, -0.2) is 29.0 Å². The van der Waals surface area contributed by atoms with E-state index in [1.165, 1.54) is 12.2 Å². The minimum Gasteiger partial charge on any atom is -0.347 e. The molecule has 1 amide bonds. The SMILES string of the molecule is CC1COC2(C=CC(=O)C=C2)N(c2cccnc2)C1=O. The summed E-state index contributed by atoms with van der Waals surface area (Å²) in [5.41, 5.74) is -0.381. The summed E-state index contributed by atoms with van der Waals surface area (Å²) in [6.45, 7) is 2.14. The van der Waals surface area contributed by atoms with Gasteiger partial charge in [0.1, 0.15) is 0 Å². The van der Waals surface area contributed by atoms with E-state index >= 15 is 0 Å². The number of rotatable bonds is 1. The maximum atomic E-state index is 12.5. The molecule has 102 valence electrons. The zero-order chi connectivity index (χ0) is 14.2. The number of anilines is 1. The lowest BCUT2D eigenvalue weighted by molar-refractivity contribution is -0.136. The van der Waals surface area contributed by atoms with Crippen molar-refractivity contribution in [1.82, 2.24) is 4.98 Å². The monoisotopic (exact) mass is 270 g/mol. The third-order valence-electron chi connectivity index (χ3n) is 3.43. The van der Waals surface area contributed by atoms with Crippen LogP contribution in [0.1, 0.15) is 6.92 Å². The van der Waals surface area contributed by atoms with Crippen LogP contribution in [0.4, 0.5) is 5.69 Å². The van der Waals surface area contributed by atoms with Gasteiger partial charge in [-0.2, -0.15) is 0 Å². The van der Waals surface area contributed by atoms with E-state index in [1.54, 1.807) is 41.6 Å². The lowest BCUT2D eigenvalue weighted by Gasteiger charge is -2.45. The number of aromatic nitrogens is 1. The van der Waals surface area contributed by atoms with Crippen LogP contribution < -0.4 is 4.90 Å². The largest absolute Gasteiger partial charge is 0.347 e. The second-order valence-electron chi connectivity index (χ2n) is 4.92. The zero-order valence-corrected chi connectivity index (χ0v) is 11.0. The average Bonchev–Trinajstić information content (AvgIpc) is 2.48. The number of ether oxygens (including phenoxy) is 1. The second kappa shape index (κ2) is 4.68. The molecule has 0 radical (unpaired) electrons. The van der Waals surface area contributed by atoms with Crippen molar-refractivity contribution in [2.45, 2.75) is 12.6 Å². The molecule has 1 spiro atoms. The lowest BCUT2D eigenvalue weighted by atomic mass is 9.98. The van der Waals surface area contributed by atoms with Crippen molar-refractivity contribution >= 4 is 17.4 Å². The van der Waals surface area contributed by atoms with E-state index in [1.807, 2.05) is 6.92 Å². The molecule has 1 aromatic heterocycles. The topological polar surface area (TPSA) is 59.5 Å². The van der Waals surface area contributed by atoms with Gasteiger partial charge in [0.05, 0.1) is 24.4 Å². The molecule has 5 nitrogen and oxygen atoms in total. The van der Waals surface area contributed by atoms with Crippen molar-refractivity contribution in [2.24, 2.45) is 5.92 Å². The number of pyridine rings is 1. The Bertz CT molecular complexity index is 591. The van der Waals surface area contributed by atoms with Crippen molar-refractivity contribution in [3.63, 3.8) is 0 Å². The molecule has 1 fully saturated rings. The average molecular weight is 270 g/mol. The third-order valence-corrected chi connectivity index (χ3v) is 3.43. The number of hydrogen-bond acceptors (Lipinski definition) is 4. The van der Waals surface area contributed by atoms with Crippen LogP contribution in [0.15, 0.2) is 48.8 Å². The number of amides is 1. The Morgan fingerprint density at radius 2 is 2.10 bits per heavy atom. The highest BCUT2D eigenvalue weighted by atomic mass is 16.5. The lowest BCUT2D eigenvalue weighted by Crippen LogP contribution is -2.59. The van der Waals surface area contributed by atoms with Gasteiger partial charge in [0, 0.05) is 6.20 Å². The molecule has 1 aromatic rings. The maximum Gasteiger partial charge on any atom is 0.235 e. The Hall–Kier alpha value is -2.27. The van der Waals surface area contributed by atoms with Gasteiger partial charge in [0.2, 0.25) is 5.91 Å². The minimum absolute atomic E-state index is 0.0482. The summed E-state index contributed by atoms with van der Waals surface area (Å²) in [5.74, 6) is -0.399. The van der Waals surface area contributed by atoms with E-state index in [0.717, 1.165) is 0 Å².